The third-order valence-corrected chi connectivity index (χ3v) is 2.65. The summed E-state index contributed by atoms with van der Waals surface area (Å²) in [5.41, 5.74) is 0.319. The van der Waals surface area contributed by atoms with Crippen molar-refractivity contribution in [3.8, 4) is 6.07 Å². The van der Waals surface area contributed by atoms with E-state index < -0.39 is 6.10 Å². The number of hydrogen-bond acceptors (Lipinski definition) is 4. The zero-order valence-electron chi connectivity index (χ0n) is 8.86. The smallest absolute Gasteiger partial charge is 0.254 e. The summed E-state index contributed by atoms with van der Waals surface area (Å²) in [6, 6.07) is 1.93. The molecule has 0 aromatic carbocycles. The molecule has 1 aliphatic heterocycles. The lowest BCUT2D eigenvalue weighted by molar-refractivity contribution is -0.126. The van der Waals surface area contributed by atoms with E-state index >= 15 is 0 Å². The molecule has 84 valence electrons. The van der Waals surface area contributed by atoms with E-state index in [0.717, 1.165) is 6.42 Å². The Labute approximate surface area is 92.6 Å². The second-order valence-corrected chi connectivity index (χ2v) is 3.82. The van der Waals surface area contributed by atoms with Crippen molar-refractivity contribution in [2.75, 3.05) is 11.9 Å². The SMILES string of the molecule is CC1CCOC1C(=O)Nc1[nH]ncc1C#N. The van der Waals surface area contributed by atoms with Gasteiger partial charge < -0.3 is 10.1 Å². The molecule has 1 amide bonds. The number of nitrogens with one attached hydrogen (secondary N) is 2. The van der Waals surface area contributed by atoms with Crippen molar-refractivity contribution < 1.29 is 9.53 Å². The Morgan fingerprint density at radius 3 is 3.25 bits per heavy atom. The van der Waals surface area contributed by atoms with Gasteiger partial charge in [0.05, 0.1) is 6.20 Å². The minimum Gasteiger partial charge on any atom is -0.368 e. The summed E-state index contributed by atoms with van der Waals surface area (Å²) in [6.07, 6.45) is 1.82. The molecule has 0 spiro atoms. The molecular formula is C10H12N4O2. The van der Waals surface area contributed by atoms with Crippen LogP contribution in [0.15, 0.2) is 6.20 Å². The molecule has 2 unspecified atom stereocenters. The molecule has 6 nitrogen and oxygen atoms in total. The number of carbonyl (C=O) groups excluding carboxylic acids is 1. The quantitative estimate of drug-likeness (QED) is 0.765. The fraction of sp³-hybridized carbons (Fsp3) is 0.500. The van der Waals surface area contributed by atoms with Gasteiger partial charge in [0.2, 0.25) is 0 Å². The van der Waals surface area contributed by atoms with Crippen molar-refractivity contribution in [1.29, 1.82) is 5.26 Å². The highest BCUT2D eigenvalue weighted by Crippen LogP contribution is 2.21. The number of aromatic nitrogens is 2. The van der Waals surface area contributed by atoms with Gasteiger partial charge in [-0.25, -0.2) is 0 Å². The van der Waals surface area contributed by atoms with Gasteiger partial charge in [-0.1, -0.05) is 6.92 Å². The van der Waals surface area contributed by atoms with Gasteiger partial charge in [-0.15, -0.1) is 0 Å². The number of carbonyl (C=O) groups is 1. The van der Waals surface area contributed by atoms with Gasteiger partial charge in [0.15, 0.2) is 0 Å². The molecular weight excluding hydrogens is 208 g/mol. The van der Waals surface area contributed by atoms with Gasteiger partial charge in [-0.3, -0.25) is 9.89 Å². The normalized spacial score (nSPS) is 24.0. The van der Waals surface area contributed by atoms with E-state index in [-0.39, 0.29) is 11.8 Å². The number of amides is 1. The summed E-state index contributed by atoms with van der Waals surface area (Å²) in [6.45, 7) is 2.57. The van der Waals surface area contributed by atoms with Crippen molar-refractivity contribution in [2.24, 2.45) is 5.92 Å². The first-order chi connectivity index (χ1) is 7.72. The van der Waals surface area contributed by atoms with Gasteiger partial charge in [0.1, 0.15) is 23.6 Å². The Hall–Kier alpha value is -1.87. The predicted molar refractivity (Wildman–Crippen MR) is 55.5 cm³/mol. The maximum atomic E-state index is 11.8. The van der Waals surface area contributed by atoms with Gasteiger partial charge in [0, 0.05) is 6.61 Å². The van der Waals surface area contributed by atoms with Crippen molar-refractivity contribution >= 4 is 11.7 Å². The number of nitriles is 1. The Balaban J connectivity index is 2.05. The van der Waals surface area contributed by atoms with E-state index in [0.29, 0.717) is 18.0 Å². The van der Waals surface area contributed by atoms with Crippen LogP contribution in [0, 0.1) is 17.2 Å². The van der Waals surface area contributed by atoms with Crippen molar-refractivity contribution in [3.05, 3.63) is 11.8 Å². The van der Waals surface area contributed by atoms with Gasteiger partial charge >= 0.3 is 0 Å². The maximum Gasteiger partial charge on any atom is 0.254 e. The predicted octanol–water partition coefficient (Wildman–Crippen LogP) is 0.645. The molecule has 1 fully saturated rings. The van der Waals surface area contributed by atoms with Crippen LogP contribution in [0.25, 0.3) is 0 Å². The zero-order valence-corrected chi connectivity index (χ0v) is 8.86. The molecule has 0 aliphatic carbocycles. The molecule has 2 heterocycles. The van der Waals surface area contributed by atoms with Gasteiger partial charge in [-0.05, 0) is 12.3 Å². The highest BCUT2D eigenvalue weighted by molar-refractivity contribution is 5.94. The van der Waals surface area contributed by atoms with Crippen molar-refractivity contribution in [1.82, 2.24) is 10.2 Å². The largest absolute Gasteiger partial charge is 0.368 e. The molecule has 1 saturated heterocycles. The van der Waals surface area contributed by atoms with Gasteiger partial charge in [0.25, 0.3) is 5.91 Å². The lowest BCUT2D eigenvalue weighted by Crippen LogP contribution is -2.31. The minimum atomic E-state index is -0.435. The second-order valence-electron chi connectivity index (χ2n) is 3.82. The van der Waals surface area contributed by atoms with Crippen LogP contribution in [0.3, 0.4) is 0 Å². The Morgan fingerprint density at radius 2 is 2.62 bits per heavy atom. The first kappa shape index (κ1) is 10.6. The first-order valence-electron chi connectivity index (χ1n) is 5.08. The minimum absolute atomic E-state index is 0.202. The highest BCUT2D eigenvalue weighted by Gasteiger charge is 2.31. The third kappa shape index (κ3) is 1.90. The van der Waals surface area contributed by atoms with Crippen LogP contribution in [-0.2, 0) is 9.53 Å². The number of anilines is 1. The molecule has 16 heavy (non-hydrogen) atoms. The molecule has 2 N–H and O–H groups in total. The fourth-order valence-electron chi connectivity index (χ4n) is 1.69. The molecule has 0 radical (unpaired) electrons. The Morgan fingerprint density at radius 1 is 1.81 bits per heavy atom. The standard InChI is InChI=1S/C10H12N4O2/c1-6-2-3-16-8(6)10(15)13-9-7(4-11)5-12-14-9/h5-6,8H,2-3H2,1H3,(H2,12,13,14,15). The van der Waals surface area contributed by atoms with E-state index in [4.69, 9.17) is 10.00 Å². The number of rotatable bonds is 2. The van der Waals surface area contributed by atoms with Gasteiger partial charge in [-0.2, -0.15) is 10.4 Å². The van der Waals surface area contributed by atoms with Crippen LogP contribution < -0.4 is 5.32 Å². The highest BCUT2D eigenvalue weighted by atomic mass is 16.5. The van der Waals surface area contributed by atoms with Crippen molar-refractivity contribution in [3.63, 3.8) is 0 Å². The molecule has 1 aliphatic rings. The molecule has 0 bridgehead atoms. The van der Waals surface area contributed by atoms with Crippen LogP contribution in [0.5, 0.6) is 0 Å². The van der Waals surface area contributed by atoms with Crippen LogP contribution in [-0.4, -0.2) is 28.8 Å². The van der Waals surface area contributed by atoms with E-state index in [1.165, 1.54) is 6.20 Å². The van der Waals surface area contributed by atoms with Crippen LogP contribution in [0.1, 0.15) is 18.9 Å². The molecule has 6 heteroatoms. The average Bonchev–Trinajstić information content (AvgIpc) is 2.86. The monoisotopic (exact) mass is 220 g/mol. The van der Waals surface area contributed by atoms with Crippen LogP contribution in [0.2, 0.25) is 0 Å². The number of ether oxygens (including phenoxy) is 1. The van der Waals surface area contributed by atoms with E-state index in [2.05, 4.69) is 15.5 Å². The first-order valence-corrected chi connectivity index (χ1v) is 5.08. The third-order valence-electron chi connectivity index (χ3n) is 2.65. The summed E-state index contributed by atoms with van der Waals surface area (Å²) < 4.78 is 5.32. The Bertz CT molecular complexity index is 434. The number of aromatic amines is 1. The number of nitrogens with zero attached hydrogens (tertiary/aromatic N) is 2. The number of H-pyrrole nitrogens is 1. The lowest BCUT2D eigenvalue weighted by atomic mass is 10.0. The lowest BCUT2D eigenvalue weighted by Gasteiger charge is -2.13. The molecule has 1 aromatic heterocycles. The van der Waals surface area contributed by atoms with Crippen molar-refractivity contribution in [2.45, 2.75) is 19.4 Å². The molecule has 1 aromatic rings. The second kappa shape index (κ2) is 4.33. The van der Waals surface area contributed by atoms with Crippen LogP contribution in [0.4, 0.5) is 5.82 Å². The summed E-state index contributed by atoms with van der Waals surface area (Å²) in [5.74, 6) is 0.300. The summed E-state index contributed by atoms with van der Waals surface area (Å²) in [4.78, 5) is 11.8. The Kier molecular flexibility index (Phi) is 2.88. The molecule has 2 rings (SSSR count). The topological polar surface area (TPSA) is 90.8 Å². The summed E-state index contributed by atoms with van der Waals surface area (Å²) in [5, 5.41) is 17.6. The van der Waals surface area contributed by atoms with E-state index in [9.17, 15) is 4.79 Å². The summed E-state index contributed by atoms with van der Waals surface area (Å²) >= 11 is 0. The average molecular weight is 220 g/mol. The number of hydrogen-bond donors (Lipinski definition) is 2. The molecule has 0 saturated carbocycles. The van der Waals surface area contributed by atoms with E-state index in [1.807, 2.05) is 13.0 Å². The van der Waals surface area contributed by atoms with Crippen LogP contribution >= 0.6 is 0 Å². The molecule has 2 atom stereocenters. The zero-order chi connectivity index (χ0) is 11.5. The summed E-state index contributed by atoms with van der Waals surface area (Å²) in [7, 11) is 0. The fourth-order valence-corrected chi connectivity index (χ4v) is 1.69. The maximum absolute atomic E-state index is 11.8. The van der Waals surface area contributed by atoms with E-state index in [1.54, 1.807) is 0 Å².